The first kappa shape index (κ1) is 20.9. The average Bonchev–Trinajstić information content (AvgIpc) is 3.21. The number of ether oxygens (including phenoxy) is 1. The van der Waals surface area contributed by atoms with Crippen LogP contribution in [0, 0.1) is 0 Å². The summed E-state index contributed by atoms with van der Waals surface area (Å²) in [5, 5.41) is 6.15. The summed E-state index contributed by atoms with van der Waals surface area (Å²) in [6, 6.07) is 15.9. The molecule has 154 valence electrons. The summed E-state index contributed by atoms with van der Waals surface area (Å²) in [5.74, 6) is 0.659. The van der Waals surface area contributed by atoms with Crippen molar-refractivity contribution in [3.63, 3.8) is 0 Å². The predicted molar refractivity (Wildman–Crippen MR) is 116 cm³/mol. The maximum atomic E-state index is 12.1. The lowest BCUT2D eigenvalue weighted by Gasteiger charge is -2.19. The highest BCUT2D eigenvalue weighted by Crippen LogP contribution is 2.22. The predicted octanol–water partition coefficient (Wildman–Crippen LogP) is 3.02. The van der Waals surface area contributed by atoms with E-state index in [0.717, 1.165) is 37.3 Å². The van der Waals surface area contributed by atoms with Crippen LogP contribution in [0.2, 0.25) is 0 Å². The fourth-order valence-electron chi connectivity index (χ4n) is 3.37. The van der Waals surface area contributed by atoms with Gasteiger partial charge in [0, 0.05) is 30.5 Å². The van der Waals surface area contributed by atoms with Crippen molar-refractivity contribution < 1.29 is 14.3 Å². The molecule has 1 atom stereocenters. The number of hydrogen-bond donors (Lipinski definition) is 2. The Bertz CT molecular complexity index is 818. The molecular formula is C23H29N3O3. The Morgan fingerprint density at radius 1 is 1.10 bits per heavy atom. The molecule has 2 N–H and O–H groups in total. The number of Topliss-reactive ketones (excluding diaryl/α,β-unsaturated/α-hetero) is 1. The quantitative estimate of drug-likeness (QED) is 0.683. The lowest BCUT2D eigenvalue weighted by molar-refractivity contribution is -0.118. The number of carbonyl (C=O) groups is 2. The zero-order valence-corrected chi connectivity index (χ0v) is 17.1. The van der Waals surface area contributed by atoms with Crippen LogP contribution in [0.1, 0.15) is 25.8 Å². The van der Waals surface area contributed by atoms with E-state index in [2.05, 4.69) is 22.5 Å². The summed E-state index contributed by atoms with van der Waals surface area (Å²) >= 11 is 0. The second-order valence-electron chi connectivity index (χ2n) is 7.40. The lowest BCUT2D eigenvalue weighted by Crippen LogP contribution is -2.35. The Balaban J connectivity index is 1.45. The third-order valence-electron chi connectivity index (χ3n) is 5.05. The molecule has 1 unspecified atom stereocenters. The molecule has 3 rings (SSSR count). The van der Waals surface area contributed by atoms with Gasteiger partial charge < -0.3 is 20.3 Å². The van der Waals surface area contributed by atoms with Gasteiger partial charge >= 0.3 is 0 Å². The van der Waals surface area contributed by atoms with Crippen LogP contribution in [-0.2, 0) is 16.0 Å². The molecular weight excluding hydrogens is 366 g/mol. The number of anilines is 2. The molecule has 2 aromatic rings. The second kappa shape index (κ2) is 10.1. The molecule has 0 radical (unpaired) electrons. The molecule has 1 saturated heterocycles. The van der Waals surface area contributed by atoms with Crippen molar-refractivity contribution in [3.05, 3.63) is 54.1 Å². The number of carbonyl (C=O) groups excluding carboxylic acids is 2. The van der Waals surface area contributed by atoms with Crippen LogP contribution in [0.15, 0.2) is 48.5 Å². The third-order valence-corrected chi connectivity index (χ3v) is 5.05. The molecule has 0 aromatic heterocycles. The van der Waals surface area contributed by atoms with Crippen molar-refractivity contribution in [2.24, 2.45) is 0 Å². The van der Waals surface area contributed by atoms with Crippen LogP contribution in [-0.4, -0.2) is 44.0 Å². The van der Waals surface area contributed by atoms with Crippen molar-refractivity contribution in [3.8, 4) is 5.75 Å². The minimum Gasteiger partial charge on any atom is -0.484 e. The van der Waals surface area contributed by atoms with Gasteiger partial charge in [-0.15, -0.1) is 0 Å². The summed E-state index contributed by atoms with van der Waals surface area (Å²) in [4.78, 5) is 25.5. The van der Waals surface area contributed by atoms with E-state index in [1.165, 1.54) is 5.56 Å². The van der Waals surface area contributed by atoms with Gasteiger partial charge in [0.05, 0.1) is 6.54 Å². The smallest absolute Gasteiger partial charge is 0.262 e. The highest BCUT2D eigenvalue weighted by atomic mass is 16.5. The molecule has 0 bridgehead atoms. The van der Waals surface area contributed by atoms with Crippen molar-refractivity contribution in [1.82, 2.24) is 5.32 Å². The van der Waals surface area contributed by atoms with Crippen LogP contribution >= 0.6 is 0 Å². The Morgan fingerprint density at radius 3 is 2.48 bits per heavy atom. The Hall–Kier alpha value is -2.86. The van der Waals surface area contributed by atoms with Crippen LogP contribution in [0.4, 0.5) is 11.4 Å². The van der Waals surface area contributed by atoms with E-state index in [4.69, 9.17) is 4.74 Å². The Labute approximate surface area is 172 Å². The van der Waals surface area contributed by atoms with E-state index in [1.54, 1.807) is 6.92 Å². The first-order valence-corrected chi connectivity index (χ1v) is 10.1. The largest absolute Gasteiger partial charge is 0.484 e. The molecule has 1 fully saturated rings. The maximum Gasteiger partial charge on any atom is 0.262 e. The first-order chi connectivity index (χ1) is 14.0. The number of aryl methyl sites for hydroxylation is 1. The minimum atomic E-state index is -0.188. The fraction of sp³-hybridized carbons (Fsp3) is 0.391. The van der Waals surface area contributed by atoms with Gasteiger partial charge in [-0.1, -0.05) is 19.1 Å². The first-order valence-electron chi connectivity index (χ1n) is 10.1. The molecule has 0 spiro atoms. The van der Waals surface area contributed by atoms with Crippen LogP contribution in [0.3, 0.4) is 0 Å². The van der Waals surface area contributed by atoms with Crippen molar-refractivity contribution in [2.45, 2.75) is 32.7 Å². The minimum absolute atomic E-state index is 0.0250. The maximum absolute atomic E-state index is 12.1. The van der Waals surface area contributed by atoms with Crippen molar-refractivity contribution >= 4 is 23.1 Å². The molecule has 0 aliphatic carbocycles. The van der Waals surface area contributed by atoms with Gasteiger partial charge in [0.1, 0.15) is 11.5 Å². The van der Waals surface area contributed by atoms with Crippen molar-refractivity contribution in [1.29, 1.82) is 0 Å². The highest BCUT2D eigenvalue weighted by Gasteiger charge is 2.22. The molecule has 1 amide bonds. The Morgan fingerprint density at radius 2 is 1.83 bits per heavy atom. The number of hydrogen-bond acceptors (Lipinski definition) is 5. The number of nitrogens with one attached hydrogen (secondary N) is 2. The summed E-state index contributed by atoms with van der Waals surface area (Å²) < 4.78 is 5.54. The van der Waals surface area contributed by atoms with Gasteiger partial charge in [0.2, 0.25) is 0 Å². The van der Waals surface area contributed by atoms with Gasteiger partial charge in [0.25, 0.3) is 5.91 Å². The van der Waals surface area contributed by atoms with Crippen LogP contribution < -0.4 is 20.3 Å². The molecule has 1 aliphatic rings. The van der Waals surface area contributed by atoms with E-state index in [9.17, 15) is 9.59 Å². The molecule has 2 aromatic carbocycles. The molecule has 29 heavy (non-hydrogen) atoms. The topological polar surface area (TPSA) is 70.7 Å². The number of rotatable bonds is 9. The fourth-order valence-corrected chi connectivity index (χ4v) is 3.37. The summed E-state index contributed by atoms with van der Waals surface area (Å²) in [6.07, 6.45) is 1.99. The second-order valence-corrected chi connectivity index (χ2v) is 7.40. The van der Waals surface area contributed by atoms with E-state index < -0.39 is 0 Å². The van der Waals surface area contributed by atoms with Crippen LogP contribution in [0.25, 0.3) is 0 Å². The van der Waals surface area contributed by atoms with Gasteiger partial charge in [-0.2, -0.15) is 0 Å². The van der Waals surface area contributed by atoms with Gasteiger partial charge in [0.15, 0.2) is 6.61 Å². The summed E-state index contributed by atoms with van der Waals surface area (Å²) in [7, 11) is 0. The van der Waals surface area contributed by atoms with E-state index in [1.807, 2.05) is 48.5 Å². The molecule has 0 saturated carbocycles. The summed E-state index contributed by atoms with van der Waals surface area (Å²) in [5.41, 5.74) is 3.09. The number of amides is 1. The lowest BCUT2D eigenvalue weighted by atomic mass is 10.2. The molecule has 1 aliphatic heterocycles. The Kier molecular flexibility index (Phi) is 7.25. The van der Waals surface area contributed by atoms with Crippen LogP contribution in [0.5, 0.6) is 5.75 Å². The number of nitrogens with zero attached hydrogens (tertiary/aromatic N) is 1. The highest BCUT2D eigenvalue weighted by molar-refractivity contribution is 5.92. The SMILES string of the molecule is CCc1ccc(OCC(=O)Nc2ccc(N3CCC(NCC(C)=O)C3)cc2)cc1. The van der Waals surface area contributed by atoms with E-state index in [0.29, 0.717) is 18.3 Å². The monoisotopic (exact) mass is 395 g/mol. The zero-order chi connectivity index (χ0) is 20.6. The average molecular weight is 396 g/mol. The van der Waals surface area contributed by atoms with E-state index in [-0.39, 0.29) is 18.3 Å². The van der Waals surface area contributed by atoms with Gasteiger partial charge in [-0.05, 0) is 61.7 Å². The van der Waals surface area contributed by atoms with Crippen molar-refractivity contribution in [2.75, 3.05) is 36.5 Å². The van der Waals surface area contributed by atoms with Gasteiger partial charge in [-0.3, -0.25) is 9.59 Å². The van der Waals surface area contributed by atoms with E-state index >= 15 is 0 Å². The van der Waals surface area contributed by atoms with Gasteiger partial charge in [-0.25, -0.2) is 0 Å². The molecule has 6 heteroatoms. The normalized spacial score (nSPS) is 15.9. The summed E-state index contributed by atoms with van der Waals surface area (Å²) in [6.45, 7) is 5.93. The molecule has 6 nitrogen and oxygen atoms in total. The molecule has 1 heterocycles. The number of benzene rings is 2. The third kappa shape index (κ3) is 6.32. The zero-order valence-electron chi connectivity index (χ0n) is 17.1. The number of ketones is 1. The standard InChI is InChI=1S/C23H29N3O3/c1-3-18-4-10-22(11-5-18)29-16-23(28)25-19-6-8-21(9-7-19)26-13-12-20(15-26)24-14-17(2)27/h4-11,20,24H,3,12-16H2,1-2H3,(H,25,28).